The molecule has 0 aliphatic carbocycles. The molecule has 1 aromatic rings. The standard InChI is InChI=1S/C12H12F2O3/c1-7(2)5-9(15)8-3-4-10-11(6-8)17-12(13,14)16-10/h3-4,6-7H,5H2,1-2H3. The molecular weight excluding hydrogens is 230 g/mol. The van der Waals surface area contributed by atoms with Crippen molar-refractivity contribution in [3.8, 4) is 11.5 Å². The van der Waals surface area contributed by atoms with Gasteiger partial charge in [-0.2, -0.15) is 0 Å². The average Bonchev–Trinajstić information content (AvgIpc) is 2.48. The first kappa shape index (κ1) is 11.8. The van der Waals surface area contributed by atoms with Gasteiger partial charge in [-0.1, -0.05) is 13.8 Å². The largest absolute Gasteiger partial charge is 0.586 e. The SMILES string of the molecule is CC(C)CC(=O)c1ccc2c(c1)OC(F)(F)O2. The molecule has 92 valence electrons. The second-order valence-electron chi connectivity index (χ2n) is 4.35. The summed E-state index contributed by atoms with van der Waals surface area (Å²) in [4.78, 5) is 11.7. The summed E-state index contributed by atoms with van der Waals surface area (Å²) in [5, 5.41) is 0. The van der Waals surface area contributed by atoms with Crippen molar-refractivity contribution in [2.24, 2.45) is 5.92 Å². The molecule has 0 unspecified atom stereocenters. The second-order valence-corrected chi connectivity index (χ2v) is 4.35. The fraction of sp³-hybridized carbons (Fsp3) is 0.417. The third kappa shape index (κ3) is 2.54. The Morgan fingerprint density at radius 3 is 2.59 bits per heavy atom. The van der Waals surface area contributed by atoms with Crippen molar-refractivity contribution in [2.45, 2.75) is 26.6 Å². The molecule has 0 fully saturated rings. The first-order chi connectivity index (χ1) is 7.87. The van der Waals surface area contributed by atoms with Crippen molar-refractivity contribution in [2.75, 3.05) is 0 Å². The number of ketones is 1. The zero-order valence-electron chi connectivity index (χ0n) is 9.50. The number of carbonyl (C=O) groups excluding carboxylic acids is 1. The van der Waals surface area contributed by atoms with Crippen molar-refractivity contribution in [3.05, 3.63) is 23.8 Å². The summed E-state index contributed by atoms with van der Waals surface area (Å²) in [5.41, 5.74) is 0.360. The number of halogens is 2. The molecule has 17 heavy (non-hydrogen) atoms. The Balaban J connectivity index is 2.22. The molecule has 0 atom stereocenters. The summed E-state index contributed by atoms with van der Waals surface area (Å²) >= 11 is 0. The summed E-state index contributed by atoms with van der Waals surface area (Å²) in [6, 6.07) is 4.08. The van der Waals surface area contributed by atoms with E-state index < -0.39 is 6.29 Å². The van der Waals surface area contributed by atoms with E-state index in [1.807, 2.05) is 13.8 Å². The molecule has 0 amide bonds. The number of ether oxygens (including phenoxy) is 2. The van der Waals surface area contributed by atoms with Crippen LogP contribution in [0.1, 0.15) is 30.6 Å². The number of carbonyl (C=O) groups is 1. The van der Waals surface area contributed by atoms with Crippen LogP contribution in [0.2, 0.25) is 0 Å². The number of fused-ring (bicyclic) bond motifs is 1. The number of benzene rings is 1. The minimum absolute atomic E-state index is 0.0453. The van der Waals surface area contributed by atoms with E-state index >= 15 is 0 Å². The molecule has 1 heterocycles. The molecule has 3 nitrogen and oxygen atoms in total. The van der Waals surface area contributed by atoms with E-state index in [1.165, 1.54) is 18.2 Å². The van der Waals surface area contributed by atoms with Gasteiger partial charge in [0, 0.05) is 12.0 Å². The predicted molar refractivity (Wildman–Crippen MR) is 56.4 cm³/mol. The molecule has 0 aromatic heterocycles. The van der Waals surface area contributed by atoms with Crippen LogP contribution in [0.5, 0.6) is 11.5 Å². The Morgan fingerprint density at radius 1 is 1.29 bits per heavy atom. The molecule has 1 aromatic carbocycles. The summed E-state index contributed by atoms with van der Waals surface area (Å²) in [7, 11) is 0. The third-order valence-electron chi connectivity index (χ3n) is 2.32. The molecule has 5 heteroatoms. The van der Waals surface area contributed by atoms with Crippen LogP contribution in [0.15, 0.2) is 18.2 Å². The van der Waals surface area contributed by atoms with Crippen molar-refractivity contribution >= 4 is 5.78 Å². The normalized spacial score (nSPS) is 16.3. The Bertz CT molecular complexity index is 455. The topological polar surface area (TPSA) is 35.5 Å². The van der Waals surface area contributed by atoms with Crippen LogP contribution < -0.4 is 9.47 Å². The third-order valence-corrected chi connectivity index (χ3v) is 2.32. The van der Waals surface area contributed by atoms with Crippen LogP contribution in [0.3, 0.4) is 0 Å². The lowest BCUT2D eigenvalue weighted by molar-refractivity contribution is -0.286. The molecule has 1 aliphatic rings. The molecule has 2 rings (SSSR count). The van der Waals surface area contributed by atoms with Gasteiger partial charge in [-0.15, -0.1) is 8.78 Å². The van der Waals surface area contributed by atoms with E-state index in [1.54, 1.807) is 0 Å². The predicted octanol–water partition coefficient (Wildman–Crippen LogP) is 3.24. The zero-order chi connectivity index (χ0) is 12.6. The summed E-state index contributed by atoms with van der Waals surface area (Å²) < 4.78 is 34.0. The van der Waals surface area contributed by atoms with E-state index in [0.717, 1.165) is 0 Å². The van der Waals surface area contributed by atoms with Gasteiger partial charge in [0.2, 0.25) is 0 Å². The van der Waals surface area contributed by atoms with Crippen LogP contribution in [-0.2, 0) is 0 Å². The van der Waals surface area contributed by atoms with E-state index in [0.29, 0.717) is 12.0 Å². The smallest absolute Gasteiger partial charge is 0.395 e. The van der Waals surface area contributed by atoms with Crippen LogP contribution in [0.4, 0.5) is 8.78 Å². The molecule has 0 saturated carbocycles. The fourth-order valence-corrected chi connectivity index (χ4v) is 1.61. The van der Waals surface area contributed by atoms with Crippen LogP contribution in [0.25, 0.3) is 0 Å². The van der Waals surface area contributed by atoms with Gasteiger partial charge in [0.25, 0.3) is 0 Å². The highest BCUT2D eigenvalue weighted by Crippen LogP contribution is 2.41. The monoisotopic (exact) mass is 242 g/mol. The molecular formula is C12H12F2O3. The highest BCUT2D eigenvalue weighted by atomic mass is 19.3. The lowest BCUT2D eigenvalue weighted by atomic mass is 10.0. The molecule has 1 aliphatic heterocycles. The van der Waals surface area contributed by atoms with E-state index in [4.69, 9.17) is 0 Å². The minimum atomic E-state index is -3.64. The van der Waals surface area contributed by atoms with Crippen LogP contribution >= 0.6 is 0 Å². The van der Waals surface area contributed by atoms with Crippen LogP contribution in [-0.4, -0.2) is 12.1 Å². The van der Waals surface area contributed by atoms with Gasteiger partial charge in [0.05, 0.1) is 0 Å². The maximum absolute atomic E-state index is 12.8. The van der Waals surface area contributed by atoms with Crippen LogP contribution in [0, 0.1) is 5.92 Å². The van der Waals surface area contributed by atoms with Gasteiger partial charge in [-0.25, -0.2) is 0 Å². The van der Waals surface area contributed by atoms with Gasteiger partial charge >= 0.3 is 6.29 Å². The number of hydrogen-bond acceptors (Lipinski definition) is 3. The molecule has 0 bridgehead atoms. The number of alkyl halides is 2. The van der Waals surface area contributed by atoms with Gasteiger partial charge in [-0.3, -0.25) is 4.79 Å². The van der Waals surface area contributed by atoms with Gasteiger partial charge < -0.3 is 9.47 Å². The van der Waals surface area contributed by atoms with Crippen molar-refractivity contribution < 1.29 is 23.0 Å². The number of Topliss-reactive ketones (excluding diaryl/α,β-unsaturated/α-hetero) is 1. The van der Waals surface area contributed by atoms with E-state index in [2.05, 4.69) is 9.47 Å². The summed E-state index contributed by atoms with van der Waals surface area (Å²) in [5.74, 6) is -0.0170. The zero-order valence-corrected chi connectivity index (χ0v) is 9.50. The second kappa shape index (κ2) is 3.98. The quantitative estimate of drug-likeness (QED) is 0.763. The number of hydrogen-bond donors (Lipinski definition) is 0. The fourth-order valence-electron chi connectivity index (χ4n) is 1.61. The first-order valence-corrected chi connectivity index (χ1v) is 5.30. The van der Waals surface area contributed by atoms with Crippen molar-refractivity contribution in [3.63, 3.8) is 0 Å². The Hall–Kier alpha value is -1.65. The van der Waals surface area contributed by atoms with Gasteiger partial charge in [0.15, 0.2) is 17.3 Å². The first-order valence-electron chi connectivity index (χ1n) is 5.30. The maximum atomic E-state index is 12.8. The number of rotatable bonds is 3. The van der Waals surface area contributed by atoms with Gasteiger partial charge in [-0.05, 0) is 24.1 Å². The highest BCUT2D eigenvalue weighted by Gasteiger charge is 2.43. The molecule has 0 radical (unpaired) electrons. The van der Waals surface area contributed by atoms with E-state index in [9.17, 15) is 13.6 Å². The summed E-state index contributed by atoms with van der Waals surface area (Å²) in [6.45, 7) is 3.83. The maximum Gasteiger partial charge on any atom is 0.586 e. The average molecular weight is 242 g/mol. The lowest BCUT2D eigenvalue weighted by Gasteiger charge is -2.05. The van der Waals surface area contributed by atoms with Crippen molar-refractivity contribution in [1.82, 2.24) is 0 Å². The highest BCUT2D eigenvalue weighted by molar-refractivity contribution is 5.96. The Morgan fingerprint density at radius 2 is 1.94 bits per heavy atom. The molecule has 0 spiro atoms. The van der Waals surface area contributed by atoms with E-state index in [-0.39, 0.29) is 23.2 Å². The van der Waals surface area contributed by atoms with Crippen molar-refractivity contribution in [1.29, 1.82) is 0 Å². The molecule has 0 saturated heterocycles. The summed E-state index contributed by atoms with van der Waals surface area (Å²) in [6.07, 6.45) is -3.27. The lowest BCUT2D eigenvalue weighted by Crippen LogP contribution is -2.25. The Kier molecular flexibility index (Phi) is 2.77. The Labute approximate surface area is 97.3 Å². The minimum Gasteiger partial charge on any atom is -0.395 e. The molecule has 0 N–H and O–H groups in total. The van der Waals surface area contributed by atoms with Gasteiger partial charge in [0.1, 0.15) is 0 Å².